The molecule has 1 N–H and O–H groups in total. The number of hydrogen-bond acceptors (Lipinski definition) is 2. The van der Waals surface area contributed by atoms with Gasteiger partial charge in [-0.25, -0.2) is 0 Å². The smallest absolute Gasteiger partial charge is 0.0212 e. The predicted octanol–water partition coefficient (Wildman–Crippen LogP) is 2.25. The van der Waals surface area contributed by atoms with E-state index in [2.05, 4.69) is 51.8 Å². The van der Waals surface area contributed by atoms with Crippen LogP contribution in [0.4, 0.5) is 0 Å². The third-order valence-electron chi connectivity index (χ3n) is 2.77. The number of nitrogens with one attached hydrogen (secondary N) is 1. The highest BCUT2D eigenvalue weighted by atomic mass is 15.2. The molecule has 84 valence electrons. The monoisotopic (exact) mass is 198 g/mol. The summed E-state index contributed by atoms with van der Waals surface area (Å²) in [6, 6.07) is 0.675. The zero-order chi connectivity index (χ0) is 11.0. The molecule has 1 atom stereocenters. The van der Waals surface area contributed by atoms with Crippen LogP contribution in [-0.2, 0) is 0 Å². The van der Waals surface area contributed by atoms with Crippen LogP contribution in [0.2, 0.25) is 0 Å². The first-order chi connectivity index (χ1) is 6.18. The van der Waals surface area contributed by atoms with Gasteiger partial charge in [-0.05, 0) is 48.0 Å². The van der Waals surface area contributed by atoms with Crippen molar-refractivity contribution in [2.45, 2.75) is 65.1 Å². The summed E-state index contributed by atoms with van der Waals surface area (Å²) in [5.41, 5.74) is 0.576. The normalized spacial score (nSPS) is 25.7. The molecule has 0 amide bonds. The Balaban J connectivity index is 2.42. The van der Waals surface area contributed by atoms with Crippen LogP contribution in [0.15, 0.2) is 0 Å². The molecule has 0 saturated carbocycles. The van der Waals surface area contributed by atoms with Crippen molar-refractivity contribution in [3.05, 3.63) is 0 Å². The third kappa shape index (κ3) is 3.58. The maximum atomic E-state index is 3.68. The van der Waals surface area contributed by atoms with Gasteiger partial charge < -0.3 is 5.32 Å². The van der Waals surface area contributed by atoms with E-state index in [-0.39, 0.29) is 5.54 Å². The molecule has 0 bridgehead atoms. The summed E-state index contributed by atoms with van der Waals surface area (Å²) in [5.74, 6) is 0. The molecule has 1 aliphatic rings. The predicted molar refractivity (Wildman–Crippen MR) is 62.6 cm³/mol. The van der Waals surface area contributed by atoms with Gasteiger partial charge in [0.25, 0.3) is 0 Å². The summed E-state index contributed by atoms with van der Waals surface area (Å²) in [4.78, 5) is 2.57. The van der Waals surface area contributed by atoms with Crippen molar-refractivity contribution in [3.8, 4) is 0 Å². The second-order valence-electron chi connectivity index (χ2n) is 6.50. The minimum Gasteiger partial charge on any atom is -0.308 e. The van der Waals surface area contributed by atoms with Crippen molar-refractivity contribution < 1.29 is 0 Å². The Labute approximate surface area is 89.1 Å². The van der Waals surface area contributed by atoms with E-state index in [1.54, 1.807) is 0 Å². The molecule has 1 aliphatic heterocycles. The van der Waals surface area contributed by atoms with Crippen LogP contribution < -0.4 is 5.32 Å². The standard InChI is InChI=1S/C12H26N2/c1-11(2,3)13-10-7-8-14(9-10)12(4,5)6/h10,13H,7-9H2,1-6H3/t10-/m0/s1. The van der Waals surface area contributed by atoms with Crippen LogP contribution in [0, 0.1) is 0 Å². The van der Waals surface area contributed by atoms with E-state index >= 15 is 0 Å². The molecule has 1 heterocycles. The molecule has 14 heavy (non-hydrogen) atoms. The van der Waals surface area contributed by atoms with Crippen molar-refractivity contribution in [3.63, 3.8) is 0 Å². The van der Waals surface area contributed by atoms with Gasteiger partial charge in [-0.15, -0.1) is 0 Å². The Morgan fingerprint density at radius 1 is 1.07 bits per heavy atom. The lowest BCUT2D eigenvalue weighted by Crippen LogP contribution is -2.47. The van der Waals surface area contributed by atoms with Gasteiger partial charge in [0.1, 0.15) is 0 Å². The molecule has 0 aromatic rings. The average Bonchev–Trinajstić information content (AvgIpc) is 2.29. The first-order valence-electron chi connectivity index (χ1n) is 5.71. The fourth-order valence-electron chi connectivity index (χ4n) is 2.10. The first kappa shape index (κ1) is 12.0. The number of nitrogens with zero attached hydrogens (tertiary/aromatic N) is 1. The Morgan fingerprint density at radius 3 is 2.00 bits per heavy atom. The molecule has 0 spiro atoms. The van der Waals surface area contributed by atoms with Gasteiger partial charge in [-0.1, -0.05) is 0 Å². The van der Waals surface area contributed by atoms with Crippen LogP contribution >= 0.6 is 0 Å². The minimum absolute atomic E-state index is 0.249. The molecule has 0 aromatic heterocycles. The van der Waals surface area contributed by atoms with E-state index in [4.69, 9.17) is 0 Å². The molecule has 0 unspecified atom stereocenters. The molecule has 0 aliphatic carbocycles. The number of likely N-dealkylation sites (tertiary alicyclic amines) is 1. The molecule has 1 fully saturated rings. The van der Waals surface area contributed by atoms with Gasteiger partial charge in [-0.2, -0.15) is 0 Å². The fraction of sp³-hybridized carbons (Fsp3) is 1.00. The molecule has 0 radical (unpaired) electrons. The van der Waals surface area contributed by atoms with E-state index in [9.17, 15) is 0 Å². The highest BCUT2D eigenvalue weighted by Gasteiger charge is 2.31. The van der Waals surface area contributed by atoms with E-state index in [0.29, 0.717) is 11.6 Å². The summed E-state index contributed by atoms with van der Waals surface area (Å²) in [6.45, 7) is 16.1. The van der Waals surface area contributed by atoms with Crippen molar-refractivity contribution in [2.24, 2.45) is 0 Å². The third-order valence-corrected chi connectivity index (χ3v) is 2.77. The van der Waals surface area contributed by atoms with E-state index < -0.39 is 0 Å². The van der Waals surface area contributed by atoms with Crippen LogP contribution in [-0.4, -0.2) is 35.1 Å². The molecular weight excluding hydrogens is 172 g/mol. The van der Waals surface area contributed by atoms with E-state index in [1.807, 2.05) is 0 Å². The zero-order valence-electron chi connectivity index (χ0n) is 10.6. The Bertz CT molecular complexity index is 185. The zero-order valence-corrected chi connectivity index (χ0v) is 10.6. The van der Waals surface area contributed by atoms with Gasteiger partial charge >= 0.3 is 0 Å². The van der Waals surface area contributed by atoms with Crippen LogP contribution in [0.1, 0.15) is 48.0 Å². The number of hydrogen-bond donors (Lipinski definition) is 1. The van der Waals surface area contributed by atoms with Gasteiger partial charge in [0.2, 0.25) is 0 Å². The SMILES string of the molecule is CC(C)(C)N[C@H]1CCN(C(C)(C)C)C1. The highest BCUT2D eigenvalue weighted by molar-refractivity contribution is 4.90. The molecule has 2 heteroatoms. The minimum atomic E-state index is 0.249. The molecular formula is C12H26N2. The van der Waals surface area contributed by atoms with E-state index in [0.717, 1.165) is 0 Å². The second kappa shape index (κ2) is 3.82. The second-order valence-corrected chi connectivity index (χ2v) is 6.50. The molecule has 1 rings (SSSR count). The lowest BCUT2D eigenvalue weighted by atomic mass is 10.1. The summed E-state index contributed by atoms with van der Waals surface area (Å²) < 4.78 is 0. The lowest BCUT2D eigenvalue weighted by Gasteiger charge is -2.32. The summed E-state index contributed by atoms with van der Waals surface area (Å²) in [6.07, 6.45) is 1.29. The van der Waals surface area contributed by atoms with Crippen LogP contribution in [0.5, 0.6) is 0 Å². The van der Waals surface area contributed by atoms with Gasteiger partial charge in [0.15, 0.2) is 0 Å². The largest absolute Gasteiger partial charge is 0.308 e. The fourth-order valence-corrected chi connectivity index (χ4v) is 2.10. The maximum Gasteiger partial charge on any atom is 0.0212 e. The van der Waals surface area contributed by atoms with Crippen molar-refractivity contribution in [1.82, 2.24) is 10.2 Å². The lowest BCUT2D eigenvalue weighted by molar-refractivity contribution is 0.168. The summed E-state index contributed by atoms with van der Waals surface area (Å²) in [5, 5.41) is 3.68. The van der Waals surface area contributed by atoms with Gasteiger partial charge in [0, 0.05) is 30.2 Å². The van der Waals surface area contributed by atoms with Crippen molar-refractivity contribution in [2.75, 3.05) is 13.1 Å². The quantitative estimate of drug-likeness (QED) is 0.695. The Kier molecular flexibility index (Phi) is 3.27. The molecule has 2 nitrogen and oxygen atoms in total. The first-order valence-corrected chi connectivity index (χ1v) is 5.71. The maximum absolute atomic E-state index is 3.68. The van der Waals surface area contributed by atoms with E-state index in [1.165, 1.54) is 19.5 Å². The summed E-state index contributed by atoms with van der Waals surface area (Å²) in [7, 11) is 0. The highest BCUT2D eigenvalue weighted by Crippen LogP contribution is 2.21. The van der Waals surface area contributed by atoms with Crippen molar-refractivity contribution in [1.29, 1.82) is 0 Å². The average molecular weight is 198 g/mol. The van der Waals surface area contributed by atoms with Gasteiger partial charge in [-0.3, -0.25) is 4.90 Å². The van der Waals surface area contributed by atoms with Gasteiger partial charge in [0.05, 0.1) is 0 Å². The number of rotatable bonds is 1. The van der Waals surface area contributed by atoms with Crippen LogP contribution in [0.25, 0.3) is 0 Å². The Hall–Kier alpha value is -0.0800. The van der Waals surface area contributed by atoms with Crippen LogP contribution in [0.3, 0.4) is 0 Å². The Morgan fingerprint density at radius 2 is 1.64 bits per heavy atom. The summed E-state index contributed by atoms with van der Waals surface area (Å²) >= 11 is 0. The molecule has 0 aromatic carbocycles. The topological polar surface area (TPSA) is 15.3 Å². The molecule has 1 saturated heterocycles. The van der Waals surface area contributed by atoms with Crippen molar-refractivity contribution >= 4 is 0 Å².